The van der Waals surface area contributed by atoms with Crippen molar-refractivity contribution in [3.63, 3.8) is 0 Å². The summed E-state index contributed by atoms with van der Waals surface area (Å²) in [4.78, 5) is 24.2. The number of carbonyl (C=O) groups excluding carboxylic acids is 1. The zero-order chi connectivity index (χ0) is 17.7. The SMILES string of the molecule is O=C(O)C1(C(=O)Nc2ccc(OC3CCNCC3)cc2)CC=CCC1. The van der Waals surface area contributed by atoms with Crippen molar-refractivity contribution in [2.45, 2.75) is 38.2 Å². The van der Waals surface area contributed by atoms with E-state index in [1.165, 1.54) is 0 Å². The largest absolute Gasteiger partial charge is 0.490 e. The number of carbonyl (C=O) groups is 2. The lowest BCUT2D eigenvalue weighted by Crippen LogP contribution is -2.43. The molecule has 1 fully saturated rings. The molecule has 1 atom stereocenters. The molecule has 2 aliphatic rings. The maximum atomic E-state index is 12.6. The Balaban J connectivity index is 1.63. The Morgan fingerprint density at radius 2 is 1.88 bits per heavy atom. The van der Waals surface area contributed by atoms with E-state index < -0.39 is 17.3 Å². The Bertz CT molecular complexity index is 650. The van der Waals surface area contributed by atoms with Crippen molar-refractivity contribution in [2.24, 2.45) is 5.41 Å². The minimum atomic E-state index is -1.38. The first-order valence-electron chi connectivity index (χ1n) is 8.77. The highest BCUT2D eigenvalue weighted by atomic mass is 16.5. The van der Waals surface area contributed by atoms with Gasteiger partial charge in [-0.3, -0.25) is 9.59 Å². The first kappa shape index (κ1) is 17.5. The molecule has 6 heteroatoms. The van der Waals surface area contributed by atoms with Crippen LogP contribution in [0.15, 0.2) is 36.4 Å². The predicted octanol–water partition coefficient (Wildman–Crippen LogP) is 2.57. The van der Waals surface area contributed by atoms with Crippen LogP contribution in [0.2, 0.25) is 0 Å². The first-order valence-corrected chi connectivity index (χ1v) is 8.77. The average molecular weight is 344 g/mol. The van der Waals surface area contributed by atoms with Gasteiger partial charge in [0.1, 0.15) is 17.3 Å². The lowest BCUT2D eigenvalue weighted by atomic mass is 9.76. The second kappa shape index (κ2) is 7.70. The minimum Gasteiger partial charge on any atom is -0.490 e. The molecular formula is C19H24N2O4. The number of benzene rings is 1. The lowest BCUT2D eigenvalue weighted by molar-refractivity contribution is -0.154. The number of ether oxygens (including phenoxy) is 1. The van der Waals surface area contributed by atoms with Gasteiger partial charge >= 0.3 is 5.97 Å². The molecule has 0 bridgehead atoms. The summed E-state index contributed by atoms with van der Waals surface area (Å²) < 4.78 is 5.93. The number of piperidine rings is 1. The molecular weight excluding hydrogens is 320 g/mol. The van der Waals surface area contributed by atoms with Crippen LogP contribution in [0.1, 0.15) is 32.1 Å². The monoisotopic (exact) mass is 344 g/mol. The molecule has 1 heterocycles. The third-order valence-electron chi connectivity index (χ3n) is 4.92. The van der Waals surface area contributed by atoms with Gasteiger partial charge in [-0.1, -0.05) is 12.2 Å². The van der Waals surface area contributed by atoms with Crippen molar-refractivity contribution in [2.75, 3.05) is 18.4 Å². The molecule has 1 unspecified atom stereocenters. The van der Waals surface area contributed by atoms with Crippen LogP contribution in [0.4, 0.5) is 5.69 Å². The van der Waals surface area contributed by atoms with Crippen molar-refractivity contribution in [3.05, 3.63) is 36.4 Å². The van der Waals surface area contributed by atoms with Crippen LogP contribution >= 0.6 is 0 Å². The molecule has 1 aliphatic carbocycles. The van der Waals surface area contributed by atoms with E-state index in [2.05, 4.69) is 10.6 Å². The van der Waals surface area contributed by atoms with Crippen molar-refractivity contribution < 1.29 is 19.4 Å². The molecule has 1 aliphatic heterocycles. The van der Waals surface area contributed by atoms with Gasteiger partial charge < -0.3 is 20.5 Å². The molecule has 134 valence electrons. The highest BCUT2D eigenvalue weighted by Gasteiger charge is 2.45. The number of carboxylic acid groups (broad SMARTS) is 1. The van der Waals surface area contributed by atoms with Gasteiger partial charge in [0.2, 0.25) is 5.91 Å². The topological polar surface area (TPSA) is 87.7 Å². The van der Waals surface area contributed by atoms with E-state index >= 15 is 0 Å². The van der Waals surface area contributed by atoms with Gasteiger partial charge in [0.25, 0.3) is 0 Å². The van der Waals surface area contributed by atoms with Gasteiger partial charge in [-0.2, -0.15) is 0 Å². The Kier molecular flexibility index (Phi) is 5.38. The number of allylic oxidation sites excluding steroid dienone is 2. The van der Waals surface area contributed by atoms with Crippen molar-refractivity contribution in [1.82, 2.24) is 5.32 Å². The number of carboxylic acids is 1. The van der Waals surface area contributed by atoms with E-state index in [-0.39, 0.29) is 12.5 Å². The molecule has 0 saturated carbocycles. The van der Waals surface area contributed by atoms with Gasteiger partial charge in [0.05, 0.1) is 0 Å². The maximum absolute atomic E-state index is 12.6. The van der Waals surface area contributed by atoms with Gasteiger partial charge in [0.15, 0.2) is 0 Å². The van der Waals surface area contributed by atoms with E-state index in [9.17, 15) is 14.7 Å². The first-order chi connectivity index (χ1) is 12.1. The molecule has 1 saturated heterocycles. The van der Waals surface area contributed by atoms with Crippen molar-refractivity contribution >= 4 is 17.6 Å². The molecule has 3 rings (SSSR count). The fourth-order valence-electron chi connectivity index (χ4n) is 3.31. The smallest absolute Gasteiger partial charge is 0.319 e. The minimum absolute atomic E-state index is 0.214. The number of nitrogens with one attached hydrogen (secondary N) is 2. The summed E-state index contributed by atoms with van der Waals surface area (Å²) in [6, 6.07) is 7.13. The molecule has 1 aromatic carbocycles. The Hall–Kier alpha value is -2.34. The fourth-order valence-corrected chi connectivity index (χ4v) is 3.31. The number of aliphatic carboxylic acids is 1. The summed E-state index contributed by atoms with van der Waals surface area (Å²) >= 11 is 0. The summed E-state index contributed by atoms with van der Waals surface area (Å²) in [6.45, 7) is 1.93. The van der Waals surface area contributed by atoms with Gasteiger partial charge in [-0.25, -0.2) is 0 Å². The van der Waals surface area contributed by atoms with Crippen LogP contribution in [0.3, 0.4) is 0 Å². The molecule has 0 radical (unpaired) electrons. The van der Waals surface area contributed by atoms with E-state index in [0.29, 0.717) is 18.5 Å². The average Bonchev–Trinajstić information content (AvgIpc) is 2.64. The number of hydrogen-bond acceptors (Lipinski definition) is 4. The van der Waals surface area contributed by atoms with Crippen molar-refractivity contribution in [1.29, 1.82) is 0 Å². The quantitative estimate of drug-likeness (QED) is 0.564. The zero-order valence-corrected chi connectivity index (χ0v) is 14.2. The van der Waals surface area contributed by atoms with Crippen LogP contribution in [0.25, 0.3) is 0 Å². The summed E-state index contributed by atoms with van der Waals surface area (Å²) in [5, 5.41) is 15.6. The zero-order valence-electron chi connectivity index (χ0n) is 14.2. The Morgan fingerprint density at radius 3 is 2.48 bits per heavy atom. The van der Waals surface area contributed by atoms with Crippen molar-refractivity contribution in [3.8, 4) is 5.75 Å². The molecule has 0 spiro atoms. The van der Waals surface area contributed by atoms with Gasteiger partial charge in [-0.15, -0.1) is 0 Å². The highest BCUT2D eigenvalue weighted by molar-refractivity contribution is 6.08. The van der Waals surface area contributed by atoms with E-state index in [1.807, 2.05) is 18.2 Å². The fraction of sp³-hybridized carbons (Fsp3) is 0.474. The van der Waals surface area contributed by atoms with Crippen LogP contribution < -0.4 is 15.4 Å². The Morgan fingerprint density at radius 1 is 1.16 bits per heavy atom. The second-order valence-corrected chi connectivity index (χ2v) is 6.65. The van der Waals surface area contributed by atoms with E-state index in [1.54, 1.807) is 18.2 Å². The number of hydrogen-bond donors (Lipinski definition) is 3. The third kappa shape index (κ3) is 4.02. The predicted molar refractivity (Wildman–Crippen MR) is 94.7 cm³/mol. The number of amides is 1. The second-order valence-electron chi connectivity index (χ2n) is 6.65. The Labute approximate surface area is 147 Å². The van der Waals surface area contributed by atoms with E-state index in [4.69, 9.17) is 4.74 Å². The van der Waals surface area contributed by atoms with Crippen LogP contribution in [0.5, 0.6) is 5.75 Å². The third-order valence-corrected chi connectivity index (χ3v) is 4.92. The normalized spacial score (nSPS) is 23.8. The lowest BCUT2D eigenvalue weighted by Gasteiger charge is -2.29. The summed E-state index contributed by atoms with van der Waals surface area (Å²) in [6.07, 6.45) is 7.01. The van der Waals surface area contributed by atoms with Gasteiger partial charge in [0, 0.05) is 5.69 Å². The molecule has 3 N–H and O–H groups in total. The number of anilines is 1. The van der Waals surface area contributed by atoms with Crippen LogP contribution in [-0.4, -0.2) is 36.2 Å². The molecule has 6 nitrogen and oxygen atoms in total. The molecule has 1 aromatic rings. The van der Waals surface area contributed by atoms with Gasteiger partial charge in [-0.05, 0) is 69.5 Å². The highest BCUT2D eigenvalue weighted by Crippen LogP contribution is 2.34. The standard InChI is InChI=1S/C19H24N2O4/c22-17(19(18(23)24)10-2-1-3-11-19)21-14-4-6-15(7-5-14)25-16-8-12-20-13-9-16/h1-2,4-7,16,20H,3,8-13H2,(H,21,22)(H,23,24). The summed E-state index contributed by atoms with van der Waals surface area (Å²) in [5.41, 5.74) is -0.795. The van der Waals surface area contributed by atoms with Crippen LogP contribution in [-0.2, 0) is 9.59 Å². The summed E-state index contributed by atoms with van der Waals surface area (Å²) in [5.74, 6) is -0.768. The van der Waals surface area contributed by atoms with E-state index in [0.717, 1.165) is 31.7 Å². The molecule has 1 amide bonds. The van der Waals surface area contributed by atoms with Crippen LogP contribution in [0, 0.1) is 5.41 Å². The molecule has 25 heavy (non-hydrogen) atoms. The maximum Gasteiger partial charge on any atom is 0.319 e. The summed E-state index contributed by atoms with van der Waals surface area (Å²) in [7, 11) is 0. The number of rotatable bonds is 5. The molecule has 0 aromatic heterocycles.